The van der Waals surface area contributed by atoms with E-state index in [1.165, 1.54) is 18.5 Å². The van der Waals surface area contributed by atoms with Crippen molar-refractivity contribution in [3.05, 3.63) is 29.7 Å². The Balaban J connectivity index is 2.20. The lowest BCUT2D eigenvalue weighted by Gasteiger charge is -2.24. The molecule has 1 saturated heterocycles. The van der Waals surface area contributed by atoms with Gasteiger partial charge in [-0.05, 0) is 33.2 Å². The number of hydrogen-bond acceptors (Lipinski definition) is 4. The summed E-state index contributed by atoms with van der Waals surface area (Å²) in [5.41, 5.74) is 2.31. The maximum absolute atomic E-state index is 4.62. The van der Waals surface area contributed by atoms with E-state index >= 15 is 0 Å². The number of aromatic nitrogens is 2. The van der Waals surface area contributed by atoms with Gasteiger partial charge in [0.1, 0.15) is 11.6 Å². The van der Waals surface area contributed by atoms with E-state index in [9.17, 15) is 0 Å². The number of rotatable bonds is 4. The highest BCUT2D eigenvalue weighted by Crippen LogP contribution is 2.24. The first-order valence-corrected chi connectivity index (χ1v) is 6.98. The largest absolute Gasteiger partial charge is 0.356 e. The molecule has 1 N–H and O–H groups in total. The Bertz CT molecular complexity index is 449. The van der Waals surface area contributed by atoms with Gasteiger partial charge in [-0.1, -0.05) is 12.2 Å². The quantitative estimate of drug-likeness (QED) is 0.843. The van der Waals surface area contributed by atoms with Crippen molar-refractivity contribution >= 4 is 5.82 Å². The lowest BCUT2D eigenvalue weighted by molar-refractivity contribution is 0.453. The minimum absolute atomic E-state index is 0.521. The molecule has 4 heteroatoms. The zero-order valence-electron chi connectivity index (χ0n) is 12.2. The number of aryl methyl sites for hydroxylation is 1. The molecule has 0 radical (unpaired) electrons. The van der Waals surface area contributed by atoms with Crippen LogP contribution in [-0.4, -0.2) is 36.6 Å². The topological polar surface area (TPSA) is 41.0 Å². The lowest BCUT2D eigenvalue weighted by Crippen LogP contribution is -2.29. The number of hydrogen-bond donors (Lipinski definition) is 1. The average molecular weight is 260 g/mol. The lowest BCUT2D eigenvalue weighted by atomic mass is 9.96. The summed E-state index contributed by atoms with van der Waals surface area (Å²) in [6.07, 6.45) is 2.44. The smallest absolute Gasteiger partial charge is 0.132 e. The first-order chi connectivity index (χ1) is 9.06. The van der Waals surface area contributed by atoms with E-state index in [4.69, 9.17) is 0 Å². The van der Waals surface area contributed by atoms with E-state index in [1.807, 2.05) is 13.8 Å². The molecule has 1 atom stereocenters. The molecule has 2 heterocycles. The van der Waals surface area contributed by atoms with Gasteiger partial charge in [-0.25, -0.2) is 9.97 Å². The molecule has 1 aliphatic heterocycles. The van der Waals surface area contributed by atoms with Gasteiger partial charge in [0.25, 0.3) is 0 Å². The SMILES string of the molecule is C=C(C)CN(C)c1cc([C@@H]2CCCNC2)nc(C)n1. The molecule has 0 unspecified atom stereocenters. The fraction of sp³-hybridized carbons (Fsp3) is 0.600. The van der Waals surface area contributed by atoms with Crippen molar-refractivity contribution in [2.45, 2.75) is 32.6 Å². The maximum atomic E-state index is 4.62. The number of anilines is 1. The second-order valence-corrected chi connectivity index (χ2v) is 5.55. The van der Waals surface area contributed by atoms with Crippen LogP contribution >= 0.6 is 0 Å². The first kappa shape index (κ1) is 14.0. The van der Waals surface area contributed by atoms with Crippen LogP contribution in [0.25, 0.3) is 0 Å². The fourth-order valence-electron chi connectivity index (χ4n) is 2.57. The van der Waals surface area contributed by atoms with Crippen LogP contribution in [0.15, 0.2) is 18.2 Å². The van der Waals surface area contributed by atoms with E-state index in [2.05, 4.69) is 39.9 Å². The van der Waals surface area contributed by atoms with Gasteiger partial charge in [-0.15, -0.1) is 0 Å². The summed E-state index contributed by atoms with van der Waals surface area (Å²) in [5, 5.41) is 3.45. The zero-order valence-corrected chi connectivity index (χ0v) is 12.2. The molecule has 1 aromatic rings. The van der Waals surface area contributed by atoms with Gasteiger partial charge in [0, 0.05) is 32.1 Å². The molecule has 104 valence electrons. The summed E-state index contributed by atoms with van der Waals surface area (Å²) in [5.74, 6) is 2.37. The molecule has 0 saturated carbocycles. The summed E-state index contributed by atoms with van der Waals surface area (Å²) >= 11 is 0. The molecule has 0 amide bonds. The molecule has 1 aliphatic rings. The summed E-state index contributed by atoms with van der Waals surface area (Å²) in [7, 11) is 2.05. The third-order valence-electron chi connectivity index (χ3n) is 3.46. The molecule has 19 heavy (non-hydrogen) atoms. The average Bonchev–Trinajstić information content (AvgIpc) is 2.38. The van der Waals surface area contributed by atoms with Crippen LogP contribution in [0.5, 0.6) is 0 Å². The first-order valence-electron chi connectivity index (χ1n) is 6.98. The predicted octanol–water partition coefficient (Wildman–Crippen LogP) is 2.26. The van der Waals surface area contributed by atoms with Crippen molar-refractivity contribution in [2.24, 2.45) is 0 Å². The third-order valence-corrected chi connectivity index (χ3v) is 3.46. The monoisotopic (exact) mass is 260 g/mol. The predicted molar refractivity (Wildman–Crippen MR) is 79.7 cm³/mol. The molecule has 0 aromatic carbocycles. The summed E-state index contributed by atoms with van der Waals surface area (Å²) in [4.78, 5) is 11.3. The standard InChI is InChI=1S/C15H24N4/c1-11(2)10-19(4)15-8-14(17-12(3)18-15)13-6-5-7-16-9-13/h8,13,16H,1,5-7,9-10H2,2-4H3/t13-/m1/s1. The van der Waals surface area contributed by atoms with Gasteiger partial charge in [-0.2, -0.15) is 0 Å². The molecule has 0 aliphatic carbocycles. The number of nitrogens with zero attached hydrogens (tertiary/aromatic N) is 3. The van der Waals surface area contributed by atoms with Crippen LogP contribution in [0.4, 0.5) is 5.82 Å². The van der Waals surface area contributed by atoms with Crippen LogP contribution in [0, 0.1) is 6.92 Å². The highest BCUT2D eigenvalue weighted by atomic mass is 15.2. The second kappa shape index (κ2) is 6.15. The van der Waals surface area contributed by atoms with Gasteiger partial charge in [-0.3, -0.25) is 0 Å². The van der Waals surface area contributed by atoms with Gasteiger partial charge in [0.15, 0.2) is 0 Å². The highest BCUT2D eigenvalue weighted by Gasteiger charge is 2.18. The van der Waals surface area contributed by atoms with Crippen LogP contribution in [-0.2, 0) is 0 Å². The normalized spacial score (nSPS) is 19.2. The Labute approximate surface area is 115 Å². The van der Waals surface area contributed by atoms with Gasteiger partial charge in [0.2, 0.25) is 0 Å². The van der Waals surface area contributed by atoms with Crippen molar-refractivity contribution in [3.8, 4) is 0 Å². The Hall–Kier alpha value is -1.42. The highest BCUT2D eigenvalue weighted by molar-refractivity contribution is 5.41. The van der Waals surface area contributed by atoms with Crippen molar-refractivity contribution in [3.63, 3.8) is 0 Å². The van der Waals surface area contributed by atoms with E-state index in [-0.39, 0.29) is 0 Å². The zero-order chi connectivity index (χ0) is 13.8. The number of likely N-dealkylation sites (N-methyl/N-ethyl adjacent to an activating group) is 1. The van der Waals surface area contributed by atoms with Gasteiger partial charge >= 0.3 is 0 Å². The van der Waals surface area contributed by atoms with Crippen LogP contribution in [0.3, 0.4) is 0 Å². The van der Waals surface area contributed by atoms with Gasteiger partial charge in [0.05, 0.1) is 5.69 Å². The minimum Gasteiger partial charge on any atom is -0.356 e. The molecule has 4 nitrogen and oxygen atoms in total. The van der Waals surface area contributed by atoms with Crippen molar-refractivity contribution in [2.75, 3.05) is 31.6 Å². The number of piperidine rings is 1. The molecule has 0 bridgehead atoms. The Morgan fingerprint density at radius 3 is 2.95 bits per heavy atom. The summed E-state index contributed by atoms with van der Waals surface area (Å²) in [6, 6.07) is 2.13. The Kier molecular flexibility index (Phi) is 4.53. The minimum atomic E-state index is 0.521. The molecule has 2 rings (SSSR count). The number of nitrogens with one attached hydrogen (secondary N) is 1. The second-order valence-electron chi connectivity index (χ2n) is 5.55. The molecule has 1 aromatic heterocycles. The van der Waals surface area contributed by atoms with Crippen LogP contribution in [0.2, 0.25) is 0 Å². The van der Waals surface area contributed by atoms with Crippen molar-refractivity contribution < 1.29 is 0 Å². The maximum Gasteiger partial charge on any atom is 0.132 e. The summed E-state index contributed by atoms with van der Waals surface area (Å²) in [6.45, 7) is 11.0. The van der Waals surface area contributed by atoms with Crippen LogP contribution < -0.4 is 10.2 Å². The van der Waals surface area contributed by atoms with E-state index in [0.29, 0.717) is 5.92 Å². The van der Waals surface area contributed by atoms with E-state index < -0.39 is 0 Å². The van der Waals surface area contributed by atoms with E-state index in [1.54, 1.807) is 0 Å². The van der Waals surface area contributed by atoms with Crippen molar-refractivity contribution in [1.29, 1.82) is 0 Å². The molecule has 1 fully saturated rings. The Morgan fingerprint density at radius 1 is 1.53 bits per heavy atom. The fourth-order valence-corrected chi connectivity index (χ4v) is 2.57. The summed E-state index contributed by atoms with van der Waals surface area (Å²) < 4.78 is 0. The third kappa shape index (κ3) is 3.77. The van der Waals surface area contributed by atoms with Crippen molar-refractivity contribution in [1.82, 2.24) is 15.3 Å². The van der Waals surface area contributed by atoms with Gasteiger partial charge < -0.3 is 10.2 Å². The molecule has 0 spiro atoms. The molecular weight excluding hydrogens is 236 g/mol. The van der Waals surface area contributed by atoms with Crippen LogP contribution in [0.1, 0.15) is 37.2 Å². The van der Waals surface area contributed by atoms with E-state index in [0.717, 1.165) is 36.8 Å². The molecular formula is C15H24N4. The Morgan fingerprint density at radius 2 is 2.32 bits per heavy atom.